The SMILES string of the molecule is CCN(Cc1ccccc1)S(=O)(=O)NC1CNCCC1C. The van der Waals surface area contributed by atoms with Crippen LogP contribution >= 0.6 is 0 Å². The molecule has 118 valence electrons. The molecule has 0 amide bonds. The normalized spacial score (nSPS) is 23.4. The van der Waals surface area contributed by atoms with Gasteiger partial charge in [-0.3, -0.25) is 0 Å². The zero-order valence-electron chi connectivity index (χ0n) is 12.7. The lowest BCUT2D eigenvalue weighted by atomic mass is 9.96. The molecular weight excluding hydrogens is 286 g/mol. The third-order valence-corrected chi connectivity index (χ3v) is 5.69. The van der Waals surface area contributed by atoms with Gasteiger partial charge >= 0.3 is 0 Å². The van der Waals surface area contributed by atoms with Crippen molar-refractivity contribution in [2.24, 2.45) is 5.92 Å². The lowest BCUT2D eigenvalue weighted by Gasteiger charge is -2.32. The van der Waals surface area contributed by atoms with Crippen molar-refractivity contribution < 1.29 is 8.42 Å². The summed E-state index contributed by atoms with van der Waals surface area (Å²) in [6.45, 7) is 6.48. The molecule has 0 saturated carbocycles. The van der Waals surface area contributed by atoms with E-state index in [1.807, 2.05) is 37.3 Å². The van der Waals surface area contributed by atoms with Gasteiger partial charge in [0.15, 0.2) is 0 Å². The van der Waals surface area contributed by atoms with Crippen LogP contribution in [0, 0.1) is 5.92 Å². The van der Waals surface area contributed by atoms with E-state index < -0.39 is 10.2 Å². The minimum atomic E-state index is -3.46. The summed E-state index contributed by atoms with van der Waals surface area (Å²) in [4.78, 5) is 0. The summed E-state index contributed by atoms with van der Waals surface area (Å²) in [5, 5.41) is 3.25. The van der Waals surface area contributed by atoms with Gasteiger partial charge in [0, 0.05) is 25.7 Å². The van der Waals surface area contributed by atoms with Crippen LogP contribution < -0.4 is 10.0 Å². The fraction of sp³-hybridized carbons (Fsp3) is 0.600. The highest BCUT2D eigenvalue weighted by atomic mass is 32.2. The summed E-state index contributed by atoms with van der Waals surface area (Å²) in [6.07, 6.45) is 0.998. The molecule has 2 unspecified atom stereocenters. The van der Waals surface area contributed by atoms with Crippen molar-refractivity contribution in [1.29, 1.82) is 0 Å². The molecule has 2 rings (SSSR count). The predicted molar refractivity (Wildman–Crippen MR) is 85.0 cm³/mol. The van der Waals surface area contributed by atoms with E-state index in [0.717, 1.165) is 18.5 Å². The predicted octanol–water partition coefficient (Wildman–Crippen LogP) is 1.34. The first-order chi connectivity index (χ1) is 10.0. The molecule has 0 bridgehead atoms. The maximum absolute atomic E-state index is 12.6. The van der Waals surface area contributed by atoms with Crippen LogP contribution in [0.4, 0.5) is 0 Å². The average molecular weight is 311 g/mol. The van der Waals surface area contributed by atoms with Crippen LogP contribution in [0.15, 0.2) is 30.3 Å². The Morgan fingerprint density at radius 1 is 1.33 bits per heavy atom. The van der Waals surface area contributed by atoms with Crippen molar-refractivity contribution in [3.8, 4) is 0 Å². The summed E-state index contributed by atoms with van der Waals surface area (Å²) in [5.41, 5.74) is 1.000. The summed E-state index contributed by atoms with van der Waals surface area (Å²) in [6, 6.07) is 9.65. The van der Waals surface area contributed by atoms with Crippen LogP contribution in [-0.4, -0.2) is 38.4 Å². The van der Waals surface area contributed by atoms with E-state index in [1.165, 1.54) is 4.31 Å². The Kier molecular flexibility index (Phi) is 5.75. The minimum Gasteiger partial charge on any atom is -0.315 e. The Bertz CT molecular complexity index is 533. The fourth-order valence-electron chi connectivity index (χ4n) is 2.57. The Balaban J connectivity index is 2.05. The molecule has 2 N–H and O–H groups in total. The summed E-state index contributed by atoms with van der Waals surface area (Å²) in [5.74, 6) is 0.358. The zero-order valence-corrected chi connectivity index (χ0v) is 13.6. The zero-order chi connectivity index (χ0) is 15.3. The number of benzene rings is 1. The molecule has 21 heavy (non-hydrogen) atoms. The van der Waals surface area contributed by atoms with Gasteiger partial charge in [-0.15, -0.1) is 0 Å². The molecule has 0 aromatic heterocycles. The number of hydrogen-bond acceptors (Lipinski definition) is 3. The molecule has 6 heteroatoms. The van der Waals surface area contributed by atoms with E-state index in [-0.39, 0.29) is 6.04 Å². The van der Waals surface area contributed by atoms with Crippen LogP contribution in [0.5, 0.6) is 0 Å². The van der Waals surface area contributed by atoms with Crippen LogP contribution in [-0.2, 0) is 16.8 Å². The van der Waals surface area contributed by atoms with E-state index in [9.17, 15) is 8.42 Å². The van der Waals surface area contributed by atoms with Gasteiger partial charge in [0.2, 0.25) is 0 Å². The maximum atomic E-state index is 12.6. The lowest BCUT2D eigenvalue weighted by molar-refractivity contribution is 0.315. The molecule has 0 aliphatic carbocycles. The van der Waals surface area contributed by atoms with E-state index in [2.05, 4.69) is 17.0 Å². The van der Waals surface area contributed by atoms with Crippen molar-refractivity contribution in [2.75, 3.05) is 19.6 Å². The molecule has 0 spiro atoms. The smallest absolute Gasteiger partial charge is 0.280 e. The second-order valence-corrected chi connectivity index (χ2v) is 7.31. The monoisotopic (exact) mass is 311 g/mol. The van der Waals surface area contributed by atoms with Crippen molar-refractivity contribution in [3.05, 3.63) is 35.9 Å². The quantitative estimate of drug-likeness (QED) is 0.833. The van der Waals surface area contributed by atoms with E-state index in [1.54, 1.807) is 0 Å². The molecule has 1 aliphatic heterocycles. The van der Waals surface area contributed by atoms with E-state index >= 15 is 0 Å². The molecule has 1 heterocycles. The molecular formula is C15H25N3O2S. The molecule has 1 saturated heterocycles. The second-order valence-electron chi connectivity index (χ2n) is 5.61. The molecule has 0 radical (unpaired) electrons. The van der Waals surface area contributed by atoms with Crippen molar-refractivity contribution in [1.82, 2.24) is 14.3 Å². The largest absolute Gasteiger partial charge is 0.315 e. The second kappa shape index (κ2) is 7.35. The number of nitrogens with zero attached hydrogens (tertiary/aromatic N) is 1. The van der Waals surface area contributed by atoms with Gasteiger partial charge in [0.25, 0.3) is 10.2 Å². The Labute approximate surface area is 127 Å². The minimum absolute atomic E-state index is 0.0337. The van der Waals surface area contributed by atoms with Crippen LogP contribution in [0.25, 0.3) is 0 Å². The van der Waals surface area contributed by atoms with Gasteiger partial charge in [-0.25, -0.2) is 0 Å². The average Bonchev–Trinajstić information content (AvgIpc) is 2.48. The standard InChI is InChI=1S/C15H25N3O2S/c1-3-18(12-14-7-5-4-6-8-14)21(19,20)17-15-11-16-10-9-13(15)2/h4-8,13,15-17H,3,9-12H2,1-2H3. The topological polar surface area (TPSA) is 61.4 Å². The summed E-state index contributed by atoms with van der Waals surface area (Å²) < 4.78 is 29.5. The molecule has 2 atom stereocenters. The van der Waals surface area contributed by atoms with Gasteiger partial charge in [-0.05, 0) is 24.4 Å². The van der Waals surface area contributed by atoms with Gasteiger partial charge in [-0.1, -0.05) is 44.2 Å². The van der Waals surface area contributed by atoms with Crippen molar-refractivity contribution >= 4 is 10.2 Å². The molecule has 1 fully saturated rings. The van der Waals surface area contributed by atoms with Crippen molar-refractivity contribution in [3.63, 3.8) is 0 Å². The highest BCUT2D eigenvalue weighted by Gasteiger charge is 2.28. The van der Waals surface area contributed by atoms with Crippen LogP contribution in [0.2, 0.25) is 0 Å². The van der Waals surface area contributed by atoms with Crippen molar-refractivity contribution in [2.45, 2.75) is 32.9 Å². The van der Waals surface area contributed by atoms with Crippen LogP contribution in [0.3, 0.4) is 0 Å². The first kappa shape index (κ1) is 16.4. The molecule has 1 aromatic carbocycles. The first-order valence-corrected chi connectivity index (χ1v) is 8.99. The van der Waals surface area contributed by atoms with E-state index in [0.29, 0.717) is 25.6 Å². The molecule has 5 nitrogen and oxygen atoms in total. The van der Waals surface area contributed by atoms with Gasteiger partial charge in [0.1, 0.15) is 0 Å². The Morgan fingerprint density at radius 2 is 2.05 bits per heavy atom. The highest BCUT2D eigenvalue weighted by molar-refractivity contribution is 7.87. The lowest BCUT2D eigenvalue weighted by Crippen LogP contribution is -2.53. The fourth-order valence-corrected chi connectivity index (χ4v) is 4.07. The number of piperidine rings is 1. The number of hydrogen-bond donors (Lipinski definition) is 2. The summed E-state index contributed by atoms with van der Waals surface area (Å²) >= 11 is 0. The van der Waals surface area contributed by atoms with Gasteiger partial charge < -0.3 is 5.32 Å². The molecule has 1 aliphatic rings. The third kappa shape index (κ3) is 4.51. The Morgan fingerprint density at radius 3 is 2.67 bits per heavy atom. The Hall–Kier alpha value is -0.950. The maximum Gasteiger partial charge on any atom is 0.280 e. The van der Waals surface area contributed by atoms with Crippen LogP contribution in [0.1, 0.15) is 25.8 Å². The van der Waals surface area contributed by atoms with E-state index in [4.69, 9.17) is 0 Å². The van der Waals surface area contributed by atoms with Gasteiger partial charge in [-0.2, -0.15) is 17.4 Å². The highest BCUT2D eigenvalue weighted by Crippen LogP contribution is 2.14. The number of nitrogens with one attached hydrogen (secondary N) is 2. The van der Waals surface area contributed by atoms with Gasteiger partial charge in [0.05, 0.1) is 0 Å². The third-order valence-electron chi connectivity index (χ3n) is 4.02. The molecule has 1 aromatic rings. The summed E-state index contributed by atoms with van der Waals surface area (Å²) in [7, 11) is -3.46. The first-order valence-electron chi connectivity index (χ1n) is 7.55. The number of rotatable bonds is 6.